The van der Waals surface area contributed by atoms with Crippen LogP contribution in [0.1, 0.15) is 35.4 Å². The number of carbonyl (C=O) groups excluding carboxylic acids is 4. The summed E-state index contributed by atoms with van der Waals surface area (Å²) in [4.78, 5) is 56.6. The summed E-state index contributed by atoms with van der Waals surface area (Å²) in [6.45, 7) is 1.79. The topological polar surface area (TPSA) is 104 Å². The molecule has 2 aliphatic carbocycles. The molecule has 4 amide bonds. The minimum atomic E-state index is -1.40. The number of hydrogen-bond acceptors (Lipinski definition) is 5. The number of rotatable bonds is 3. The number of hydrogen-bond donors (Lipinski definition) is 2. The first kappa shape index (κ1) is 25.7. The number of benzene rings is 3. The molecule has 3 aromatic rings. The van der Waals surface area contributed by atoms with E-state index in [0.717, 1.165) is 5.57 Å². The number of phenolic OH excluding ortho intramolecular Hbond substituents is 1. The fourth-order valence-electron chi connectivity index (χ4n) is 7.91. The van der Waals surface area contributed by atoms with Gasteiger partial charge in [0.15, 0.2) is 0 Å². The highest BCUT2D eigenvalue weighted by molar-refractivity contribution is 6.32. The average Bonchev–Trinajstić information content (AvgIpc) is 3.38. The van der Waals surface area contributed by atoms with Gasteiger partial charge in [0.05, 0.1) is 28.9 Å². The zero-order valence-electron chi connectivity index (χ0n) is 22.2. The molecule has 41 heavy (non-hydrogen) atoms. The minimum absolute atomic E-state index is 0.0450. The van der Waals surface area contributed by atoms with Gasteiger partial charge in [-0.15, -0.1) is 0 Å². The van der Waals surface area contributed by atoms with Crippen LogP contribution in [0.25, 0.3) is 0 Å². The summed E-state index contributed by atoms with van der Waals surface area (Å²) in [5, 5.41) is 14.4. The van der Waals surface area contributed by atoms with Crippen LogP contribution in [0, 0.1) is 30.6 Å². The van der Waals surface area contributed by atoms with Crippen LogP contribution < -0.4 is 10.2 Å². The van der Waals surface area contributed by atoms with Crippen LogP contribution in [-0.2, 0) is 24.6 Å². The van der Waals surface area contributed by atoms with Gasteiger partial charge in [-0.1, -0.05) is 77.8 Å². The van der Waals surface area contributed by atoms with Crippen molar-refractivity contribution in [2.45, 2.75) is 31.1 Å². The van der Waals surface area contributed by atoms with Crippen molar-refractivity contribution < 1.29 is 24.3 Å². The number of anilines is 1. The van der Waals surface area contributed by atoms with E-state index >= 15 is 4.79 Å². The number of nitrogens with one attached hydrogen (secondary N) is 1. The van der Waals surface area contributed by atoms with Crippen molar-refractivity contribution >= 4 is 40.9 Å². The molecule has 0 bridgehead atoms. The Morgan fingerprint density at radius 2 is 1.68 bits per heavy atom. The summed E-state index contributed by atoms with van der Waals surface area (Å²) in [6.07, 6.45) is 2.53. The Labute approximate surface area is 241 Å². The molecule has 0 unspecified atom stereocenters. The summed E-state index contributed by atoms with van der Waals surface area (Å²) in [5.74, 6) is -4.63. The molecule has 2 N–H and O–H groups in total. The lowest BCUT2D eigenvalue weighted by Gasteiger charge is -2.50. The van der Waals surface area contributed by atoms with Crippen LogP contribution in [0.5, 0.6) is 5.75 Å². The Balaban J connectivity index is 1.54. The highest BCUT2D eigenvalue weighted by atomic mass is 35.5. The van der Waals surface area contributed by atoms with Gasteiger partial charge in [-0.25, -0.2) is 4.90 Å². The maximum absolute atomic E-state index is 15.0. The van der Waals surface area contributed by atoms with Crippen molar-refractivity contribution in [3.8, 4) is 5.75 Å². The van der Waals surface area contributed by atoms with Crippen LogP contribution in [0.3, 0.4) is 0 Å². The molecule has 2 saturated heterocycles. The first-order valence-corrected chi connectivity index (χ1v) is 14.2. The zero-order chi connectivity index (χ0) is 28.6. The van der Waals surface area contributed by atoms with Gasteiger partial charge in [-0.05, 0) is 55.0 Å². The Kier molecular flexibility index (Phi) is 5.74. The molecule has 3 fully saturated rings. The van der Waals surface area contributed by atoms with Crippen molar-refractivity contribution in [1.82, 2.24) is 5.32 Å². The van der Waals surface area contributed by atoms with Crippen LogP contribution >= 0.6 is 11.6 Å². The van der Waals surface area contributed by atoms with Crippen LogP contribution in [0.2, 0.25) is 5.02 Å². The van der Waals surface area contributed by atoms with Crippen LogP contribution in [0.15, 0.2) is 84.4 Å². The highest BCUT2D eigenvalue weighted by Crippen LogP contribution is 2.65. The second-order valence-corrected chi connectivity index (χ2v) is 11.9. The number of imide groups is 2. The van der Waals surface area contributed by atoms with Gasteiger partial charge in [0.2, 0.25) is 23.6 Å². The smallest absolute Gasteiger partial charge is 0.246 e. The molecule has 3 aromatic carbocycles. The average molecular weight is 567 g/mol. The van der Waals surface area contributed by atoms with Gasteiger partial charge in [0.1, 0.15) is 5.75 Å². The van der Waals surface area contributed by atoms with Crippen LogP contribution in [-0.4, -0.2) is 28.7 Å². The number of aromatic hydroxyl groups is 1. The SMILES string of the molecule is Cc1cccc([C@H]2C3=CC[C@@H]4C(=O)NC(=O)[C@@H]4[C@@H]3C[C@H]3C(=O)N(c4cccc(Cl)c4)C(=O)[C@@]23c2ccccc2)c1O. The van der Waals surface area contributed by atoms with Gasteiger partial charge in [-0.3, -0.25) is 24.5 Å². The maximum Gasteiger partial charge on any atom is 0.246 e. The number of nitrogens with zero attached hydrogens (tertiary/aromatic N) is 1. The predicted octanol–water partition coefficient (Wildman–Crippen LogP) is 4.80. The summed E-state index contributed by atoms with van der Waals surface area (Å²) < 4.78 is 0. The van der Waals surface area contributed by atoms with E-state index in [-0.39, 0.29) is 29.9 Å². The van der Waals surface area contributed by atoms with Crippen molar-refractivity contribution in [3.63, 3.8) is 0 Å². The number of aryl methyl sites for hydroxylation is 1. The molecule has 2 heterocycles. The van der Waals surface area contributed by atoms with E-state index in [0.29, 0.717) is 33.8 Å². The molecule has 8 heteroatoms. The third kappa shape index (κ3) is 3.45. The maximum atomic E-state index is 15.0. The summed E-state index contributed by atoms with van der Waals surface area (Å²) in [5.41, 5.74) is 1.59. The van der Waals surface area contributed by atoms with E-state index in [2.05, 4.69) is 5.32 Å². The van der Waals surface area contributed by atoms with Crippen molar-refractivity contribution in [1.29, 1.82) is 0 Å². The molecule has 6 atom stereocenters. The highest BCUT2D eigenvalue weighted by Gasteiger charge is 2.70. The molecule has 0 aromatic heterocycles. The first-order chi connectivity index (χ1) is 19.7. The predicted molar refractivity (Wildman–Crippen MR) is 152 cm³/mol. The van der Waals surface area contributed by atoms with Crippen molar-refractivity contribution in [3.05, 3.63) is 106 Å². The van der Waals surface area contributed by atoms with Gasteiger partial charge in [0.25, 0.3) is 0 Å². The quantitative estimate of drug-likeness (QED) is 0.350. The molecule has 7 nitrogen and oxygen atoms in total. The summed E-state index contributed by atoms with van der Waals surface area (Å²) in [7, 11) is 0. The van der Waals surface area contributed by atoms with Gasteiger partial charge in [-0.2, -0.15) is 0 Å². The second kappa shape index (κ2) is 9.14. The Morgan fingerprint density at radius 3 is 2.44 bits per heavy atom. The van der Waals surface area contributed by atoms with E-state index in [1.807, 2.05) is 42.5 Å². The van der Waals surface area contributed by atoms with E-state index in [4.69, 9.17) is 11.6 Å². The number of amides is 4. The number of phenols is 1. The number of carbonyl (C=O) groups is 4. The molecule has 1 saturated carbocycles. The Morgan fingerprint density at radius 1 is 0.927 bits per heavy atom. The number of halogens is 1. The number of fused-ring (bicyclic) bond motifs is 4. The minimum Gasteiger partial charge on any atom is -0.507 e. The molecular formula is C33H27ClN2O5. The van der Waals surface area contributed by atoms with Gasteiger partial charge in [0, 0.05) is 16.5 Å². The lowest BCUT2D eigenvalue weighted by Crippen LogP contribution is -2.53. The second-order valence-electron chi connectivity index (χ2n) is 11.5. The number of para-hydroxylation sites is 1. The largest absolute Gasteiger partial charge is 0.507 e. The fraction of sp³-hybridized carbons (Fsp3) is 0.273. The van der Waals surface area contributed by atoms with E-state index in [9.17, 15) is 19.5 Å². The van der Waals surface area contributed by atoms with E-state index < -0.39 is 40.9 Å². The first-order valence-electron chi connectivity index (χ1n) is 13.8. The lowest BCUT2D eigenvalue weighted by atomic mass is 9.49. The molecule has 7 rings (SSSR count). The molecule has 0 radical (unpaired) electrons. The molecular weight excluding hydrogens is 540 g/mol. The van der Waals surface area contributed by atoms with E-state index in [1.54, 1.807) is 43.3 Å². The monoisotopic (exact) mass is 566 g/mol. The standard InChI is InChI=1S/C33H27ClN2O5/c1-17-7-5-12-23(28(17)37)27-21-13-14-22-26(30(39)35-29(22)38)24(21)16-25-31(40)36(20-11-6-10-19(34)15-20)32(41)33(25,27)18-8-3-2-4-9-18/h2-13,15,22,24-27,37H,14,16H2,1H3,(H,35,38,39)/t22-,24+,25-,26-,27+,33+/m0/s1. The molecule has 206 valence electrons. The van der Waals surface area contributed by atoms with Gasteiger partial charge < -0.3 is 5.11 Å². The van der Waals surface area contributed by atoms with Crippen LogP contribution in [0.4, 0.5) is 5.69 Å². The van der Waals surface area contributed by atoms with Gasteiger partial charge >= 0.3 is 0 Å². The fourth-order valence-corrected chi connectivity index (χ4v) is 8.10. The van der Waals surface area contributed by atoms with Crippen molar-refractivity contribution in [2.75, 3.05) is 4.90 Å². The number of allylic oxidation sites excluding steroid dienone is 2. The van der Waals surface area contributed by atoms with Crippen molar-refractivity contribution in [2.24, 2.45) is 23.7 Å². The zero-order valence-corrected chi connectivity index (χ0v) is 23.0. The Bertz CT molecular complexity index is 1680. The van der Waals surface area contributed by atoms with E-state index in [1.165, 1.54) is 4.90 Å². The molecule has 4 aliphatic rings. The normalized spacial score (nSPS) is 30.4. The molecule has 0 spiro atoms. The summed E-state index contributed by atoms with van der Waals surface area (Å²) >= 11 is 6.31. The third-order valence-corrected chi connectivity index (χ3v) is 9.82. The third-order valence-electron chi connectivity index (χ3n) is 9.59. The Hall–Kier alpha value is -4.23. The summed E-state index contributed by atoms with van der Waals surface area (Å²) in [6, 6.07) is 21.3. The molecule has 2 aliphatic heterocycles. The lowest BCUT2D eigenvalue weighted by molar-refractivity contribution is -0.128.